The largest absolute Gasteiger partial charge is 0.493 e. The summed E-state index contributed by atoms with van der Waals surface area (Å²) in [4.78, 5) is 181. The number of nitrogens with one attached hydrogen (secondary N) is 8. The number of rotatable bonds is 24. The maximum absolute atomic E-state index is 14.4. The van der Waals surface area contributed by atoms with Crippen LogP contribution in [0.2, 0.25) is 0 Å². The second-order valence-electron chi connectivity index (χ2n) is 30.5. The van der Waals surface area contributed by atoms with E-state index < -0.39 is 144 Å². The van der Waals surface area contributed by atoms with E-state index in [2.05, 4.69) is 42.5 Å². The van der Waals surface area contributed by atoms with Gasteiger partial charge in [-0.05, 0) is 94.2 Å². The van der Waals surface area contributed by atoms with Crippen molar-refractivity contribution in [1.82, 2.24) is 62.1 Å². The van der Waals surface area contributed by atoms with Crippen LogP contribution in [0.3, 0.4) is 0 Å². The van der Waals surface area contributed by atoms with E-state index in [0.29, 0.717) is 79.0 Å². The first-order valence-electron chi connectivity index (χ1n) is 37.5. The Morgan fingerprint density at radius 3 is 1.38 bits per heavy atom. The van der Waals surface area contributed by atoms with E-state index in [4.69, 9.17) is 18.9 Å². The fraction of sp³-hybridized carbons (Fsp3) is 0.537. The number of Topliss-reactive ketones (excluding diaryl/α,β-unsaturated/α-hetero) is 1. The van der Waals surface area contributed by atoms with Crippen molar-refractivity contribution in [2.24, 2.45) is 10.8 Å². The highest BCUT2D eigenvalue weighted by Gasteiger charge is 2.48. The van der Waals surface area contributed by atoms with Gasteiger partial charge in [-0.2, -0.15) is 23.5 Å². The minimum atomic E-state index is -1.75. The number of thioether (sulfide) groups is 2. The standard InChI is InChI=1S/C40H56N6O9S.C40H54N6O9S/c2*1-40(2,3)35-39(53)46-24-28(55-18-11-17-54-27-15-10-12-25(20-27)21-31(47)44-35)22-30(46)36(50)42-29(16-19-56-6)34(49)37(51)41-23-32(48)43-33(38(52)45(4)5)26-13-8-7-9-14-26/h7-10,12-15,20,28-30,33-35,49H,11,16-19,21-24H2,1-6H3,(H,41,51)(H,42,50)(H,43,48)(H,44,47);7-10,12-15,20,28-30,33,35H,11,16-19,21-24H2,1-6H3,(H,41,51)(H,42,50)(H,43,48)(H,44,47)/t28-,29?,30+,33+,34?,35-;28-,29?,30+,33+,35-/m11/s1. The van der Waals surface area contributed by atoms with Gasteiger partial charge in [0.25, 0.3) is 11.8 Å². The molecule has 4 aliphatic heterocycles. The van der Waals surface area contributed by atoms with Crippen molar-refractivity contribution in [2.75, 3.05) is 105 Å². The summed E-state index contributed by atoms with van der Waals surface area (Å²) in [5.41, 5.74) is 1.05. The number of hydrogen-bond donors (Lipinski definition) is 9. The molecule has 0 aliphatic carbocycles. The topological polar surface area (TPSA) is 388 Å². The molecule has 2 saturated heterocycles. The Morgan fingerprint density at radius 1 is 0.545 bits per heavy atom. The predicted octanol–water partition coefficient (Wildman–Crippen LogP) is 2.59. The number of aliphatic hydroxyl groups is 1. The lowest BCUT2D eigenvalue weighted by molar-refractivity contribution is -0.145. The molecule has 8 rings (SSSR count). The molecule has 11 atom stereocenters. The minimum absolute atomic E-state index is 0.0114. The van der Waals surface area contributed by atoms with Gasteiger partial charge in [-0.15, -0.1) is 0 Å². The van der Waals surface area contributed by atoms with Gasteiger partial charge in [0.1, 0.15) is 47.8 Å². The quantitative estimate of drug-likeness (QED) is 0.0455. The highest BCUT2D eigenvalue weighted by atomic mass is 32.2. The van der Waals surface area contributed by atoms with Crippen LogP contribution < -0.4 is 52.0 Å². The number of aliphatic hydroxyl groups excluding tert-OH is 1. The van der Waals surface area contributed by atoms with Gasteiger partial charge in [0.05, 0.1) is 76.7 Å². The molecule has 30 nitrogen and oxygen atoms in total. The Balaban J connectivity index is 0.000000311. The Morgan fingerprint density at radius 2 is 0.964 bits per heavy atom. The Labute approximate surface area is 663 Å². The number of fused-ring (bicyclic) bond motifs is 8. The molecule has 32 heteroatoms. The third kappa shape index (κ3) is 26.8. The summed E-state index contributed by atoms with van der Waals surface area (Å²) in [5.74, 6) is -5.87. The SMILES string of the molecule is CSCCC(NC(=O)[C@@H]1C[C@@H]2CN1C(=O)[C@H](C(C)(C)C)NC(=O)Cc1cccc(c1)OCCCO2)C(=O)C(=O)NCC(=O)N[C@H](C(=O)N(C)C)c1ccccc1.CSCCC(NC(=O)[C@@H]1C[C@@H]2CN1C(=O)[C@H](C(C)(C)C)NC(=O)Cc1cccc(c1)OCCCO2)C(O)C(=O)NCC(=O)N[C@H](C(=O)N(C)C)c1ccccc1. The van der Waals surface area contributed by atoms with Gasteiger partial charge in [0.2, 0.25) is 64.9 Å². The second kappa shape index (κ2) is 42.9. The lowest BCUT2D eigenvalue weighted by Gasteiger charge is -2.36. The summed E-state index contributed by atoms with van der Waals surface area (Å²) >= 11 is 2.86. The van der Waals surface area contributed by atoms with Crippen molar-refractivity contribution in [1.29, 1.82) is 0 Å². The smallest absolute Gasteiger partial charge is 0.290 e. The third-order valence-corrected chi connectivity index (χ3v) is 20.3. The van der Waals surface area contributed by atoms with Crippen LogP contribution in [0.4, 0.5) is 0 Å². The summed E-state index contributed by atoms with van der Waals surface area (Å²) in [6, 6.07) is 23.3. The van der Waals surface area contributed by atoms with E-state index >= 15 is 0 Å². The van der Waals surface area contributed by atoms with Crippen molar-refractivity contribution < 1.29 is 86.4 Å². The minimum Gasteiger partial charge on any atom is -0.493 e. The summed E-state index contributed by atoms with van der Waals surface area (Å²) in [5, 5.41) is 32.5. The van der Waals surface area contributed by atoms with Gasteiger partial charge in [-0.1, -0.05) is 126 Å². The number of likely N-dealkylation sites (N-methyl/N-ethyl adjacent to an activating group) is 2. The number of benzene rings is 4. The summed E-state index contributed by atoms with van der Waals surface area (Å²) in [7, 11) is 6.24. The zero-order valence-corrected chi connectivity index (χ0v) is 67.6. The molecule has 4 aromatic carbocycles. The molecule has 112 heavy (non-hydrogen) atoms. The molecular weight excluding hydrogens is 1480 g/mol. The monoisotopic (exact) mass is 1590 g/mol. The Bertz CT molecular complexity index is 3920. The van der Waals surface area contributed by atoms with E-state index in [1.54, 1.807) is 125 Å². The average Bonchev–Trinajstić information content (AvgIpc) is 1.65. The zero-order chi connectivity index (χ0) is 82.0. The van der Waals surface area contributed by atoms with Gasteiger partial charge in [-0.25, -0.2) is 0 Å². The predicted molar refractivity (Wildman–Crippen MR) is 422 cm³/mol. The fourth-order valence-corrected chi connectivity index (χ4v) is 14.0. The first-order valence-corrected chi connectivity index (χ1v) is 40.3. The third-order valence-electron chi connectivity index (χ3n) is 19.0. The van der Waals surface area contributed by atoms with Crippen LogP contribution in [-0.2, 0) is 84.6 Å². The molecule has 3 unspecified atom stereocenters. The van der Waals surface area contributed by atoms with Gasteiger partial charge in [0, 0.05) is 67.0 Å². The van der Waals surface area contributed by atoms with Crippen LogP contribution in [0.5, 0.6) is 11.5 Å². The number of nitrogens with zero attached hydrogens (tertiary/aromatic N) is 4. The van der Waals surface area contributed by atoms with Crippen molar-refractivity contribution >= 4 is 100 Å². The molecule has 4 aromatic rings. The number of carbonyl (C=O) groups is 13. The van der Waals surface area contributed by atoms with Crippen LogP contribution in [0, 0.1) is 10.8 Å². The first-order chi connectivity index (χ1) is 53.2. The summed E-state index contributed by atoms with van der Waals surface area (Å²) in [6.45, 7) is 11.3. The maximum atomic E-state index is 14.4. The van der Waals surface area contributed by atoms with Gasteiger partial charge < -0.3 is 86.2 Å². The Kier molecular flexibility index (Phi) is 34.3. The number of ketones is 1. The zero-order valence-electron chi connectivity index (χ0n) is 66.0. The lowest BCUT2D eigenvalue weighted by Crippen LogP contribution is -2.59. The number of carbonyl (C=O) groups excluding carboxylic acids is 13. The molecule has 0 saturated carbocycles. The van der Waals surface area contributed by atoms with Crippen molar-refractivity contribution in [3.63, 3.8) is 0 Å². The van der Waals surface area contributed by atoms with Crippen molar-refractivity contribution in [3.05, 3.63) is 131 Å². The van der Waals surface area contributed by atoms with E-state index in [0.717, 1.165) is 5.56 Å². The molecular formula is C80H110N12O18S2. The number of ether oxygens (including phenoxy) is 4. The molecule has 0 spiro atoms. The lowest BCUT2D eigenvalue weighted by atomic mass is 9.85. The van der Waals surface area contributed by atoms with Crippen LogP contribution in [0.15, 0.2) is 109 Å². The molecule has 2 fully saturated rings. The van der Waals surface area contributed by atoms with Gasteiger partial charge >= 0.3 is 0 Å². The van der Waals surface area contributed by atoms with E-state index in [-0.39, 0.29) is 75.2 Å². The van der Waals surface area contributed by atoms with Crippen LogP contribution in [0.25, 0.3) is 0 Å². The van der Waals surface area contributed by atoms with Gasteiger partial charge in [-0.3, -0.25) is 62.3 Å². The molecule has 4 aliphatic rings. The maximum Gasteiger partial charge on any atom is 0.290 e. The molecule has 610 valence electrons. The van der Waals surface area contributed by atoms with E-state index in [9.17, 15) is 67.4 Å². The van der Waals surface area contributed by atoms with Crippen molar-refractivity contribution in [3.8, 4) is 11.5 Å². The molecule has 4 heterocycles. The van der Waals surface area contributed by atoms with E-state index in [1.165, 1.54) is 43.1 Å². The molecule has 0 radical (unpaired) electrons. The van der Waals surface area contributed by atoms with Crippen LogP contribution in [-0.4, -0.2) is 261 Å². The van der Waals surface area contributed by atoms with Crippen LogP contribution >= 0.6 is 23.5 Å². The number of hydrogen-bond acceptors (Lipinski definition) is 20. The van der Waals surface area contributed by atoms with E-state index in [1.807, 2.05) is 66.2 Å². The van der Waals surface area contributed by atoms with Crippen molar-refractivity contribution in [2.45, 2.75) is 160 Å². The second-order valence-corrected chi connectivity index (χ2v) is 32.5. The summed E-state index contributed by atoms with van der Waals surface area (Å²) < 4.78 is 24.0. The molecule has 0 aromatic heterocycles. The Hall–Kier alpha value is -9.63. The highest BCUT2D eigenvalue weighted by Crippen LogP contribution is 2.31. The normalized spacial score (nSPS) is 20.4. The highest BCUT2D eigenvalue weighted by molar-refractivity contribution is 7.98. The molecule has 9 N–H and O–H groups in total. The van der Waals surface area contributed by atoms with Crippen LogP contribution in [0.1, 0.15) is 114 Å². The molecule has 8 bridgehead atoms. The van der Waals surface area contributed by atoms with Gasteiger partial charge in [0.15, 0.2) is 6.10 Å². The first kappa shape index (κ1) is 89.6. The number of amides is 12. The average molecular weight is 1590 g/mol. The fourth-order valence-electron chi connectivity index (χ4n) is 13.0. The molecule has 12 amide bonds. The summed E-state index contributed by atoms with van der Waals surface area (Å²) in [6.07, 6.45) is 2.56.